The van der Waals surface area contributed by atoms with Gasteiger partial charge in [-0.25, -0.2) is 0 Å². The average molecular weight is 387 g/mol. The van der Waals surface area contributed by atoms with Crippen molar-refractivity contribution in [1.29, 1.82) is 0 Å². The van der Waals surface area contributed by atoms with E-state index in [0.717, 1.165) is 0 Å². The molecule has 1 radical (unpaired) electrons. The molecule has 5 heavy (non-hydrogen) atoms. The summed E-state index contributed by atoms with van der Waals surface area (Å²) in [6, 6.07) is 0. The minimum absolute atomic E-state index is 0. The number of halogens is 4. The van der Waals surface area contributed by atoms with Gasteiger partial charge in [-0.2, -0.15) is 0 Å². The van der Waals surface area contributed by atoms with E-state index in [1.807, 2.05) is 0 Å². The van der Waals surface area contributed by atoms with Gasteiger partial charge in [0.25, 0.3) is 0 Å². The first-order chi connectivity index (χ1) is 0. The van der Waals surface area contributed by atoms with Crippen LogP contribution in [0.4, 0.5) is 0 Å². The van der Waals surface area contributed by atoms with E-state index in [2.05, 4.69) is 0 Å². The summed E-state index contributed by atoms with van der Waals surface area (Å²) in [6.45, 7) is 0. The summed E-state index contributed by atoms with van der Waals surface area (Å²) >= 11 is 0. The van der Waals surface area contributed by atoms with Crippen LogP contribution in [-0.2, 0) is 17.1 Å². The van der Waals surface area contributed by atoms with Gasteiger partial charge in [0.15, 0.2) is 0 Å². The Morgan fingerprint density at radius 1 is 0.400 bits per heavy atom. The predicted octanol–water partition coefficient (Wildman–Crippen LogP) is 2.31. The third kappa shape index (κ3) is 21.3. The van der Waals surface area contributed by atoms with Gasteiger partial charge in [0.2, 0.25) is 0 Å². The van der Waals surface area contributed by atoms with Gasteiger partial charge in [0.1, 0.15) is 0 Å². The van der Waals surface area contributed by atoms with Crippen LogP contribution in [0.1, 0.15) is 0 Å². The summed E-state index contributed by atoms with van der Waals surface area (Å²) in [7, 11) is 0. The topological polar surface area (TPSA) is 0 Å². The smallest absolute Gasteiger partial charge is 0 e. The summed E-state index contributed by atoms with van der Waals surface area (Å²) in [5, 5.41) is 0. The zero-order valence-corrected chi connectivity index (χ0v) is 9.73. The summed E-state index contributed by atoms with van der Waals surface area (Å²) < 4.78 is 0. The fraction of sp³-hybridized carbons (Fsp3) is 0. The van der Waals surface area contributed by atoms with Crippen molar-refractivity contribution in [3.63, 3.8) is 0 Å². The molecule has 0 bridgehead atoms. The van der Waals surface area contributed by atoms with Gasteiger partial charge in [-0.15, -0.1) is 67.9 Å². The molecule has 5 heteroatoms. The molecule has 0 aromatic heterocycles. The van der Waals surface area contributed by atoms with Gasteiger partial charge in [0.05, 0.1) is 0 Å². The fourth-order valence-electron chi connectivity index (χ4n) is 0. The quantitative estimate of drug-likeness (QED) is 0.560. The van der Waals surface area contributed by atoms with E-state index in [0.29, 0.717) is 0 Å². The maximum Gasteiger partial charge on any atom is 0 e. The molecule has 43 valence electrons. The molecular weight excluding hydrogens is 383 g/mol. The first-order valence-corrected chi connectivity index (χ1v) is 0. The van der Waals surface area contributed by atoms with E-state index >= 15 is 0 Å². The van der Waals surface area contributed by atoms with E-state index in [4.69, 9.17) is 0 Å². The molecule has 0 unspecified atom stereocenters. The number of hydrogen-bond donors (Lipinski definition) is 0. The summed E-state index contributed by atoms with van der Waals surface area (Å²) in [5.74, 6) is 0. The van der Waals surface area contributed by atoms with Crippen molar-refractivity contribution in [3.05, 3.63) is 0 Å². The Bertz CT molecular complexity index is 3.61. The van der Waals surface area contributed by atoms with Crippen LogP contribution < -0.4 is 0 Å². The molecule has 0 aromatic rings. The zero-order valence-electron chi connectivity index (χ0n) is 1.93. The number of hydrogen-bond acceptors (Lipinski definition) is 0. The Morgan fingerprint density at radius 3 is 0.400 bits per heavy atom. The molecule has 0 amide bonds. The van der Waals surface area contributed by atoms with E-state index in [1.165, 1.54) is 0 Å². The zero-order chi connectivity index (χ0) is 0. The Balaban J connectivity index is 0. The molecule has 0 nitrogen and oxygen atoms in total. The molecule has 0 atom stereocenters. The largest absolute Gasteiger partial charge is 0.114 e. The predicted molar refractivity (Wildman–Crippen MR) is 41.3 cm³/mol. The monoisotopic (exact) mass is 383 g/mol. The molecule has 0 saturated heterocycles. The SMILES string of the molecule is Br.Br.Br.Br.[Cu]. The molecular formula is H4Br4Cu. The van der Waals surface area contributed by atoms with Crippen LogP contribution in [0.5, 0.6) is 0 Å². The minimum atomic E-state index is 0. The van der Waals surface area contributed by atoms with Crippen LogP contribution in [0.15, 0.2) is 0 Å². The van der Waals surface area contributed by atoms with Crippen molar-refractivity contribution in [2.75, 3.05) is 0 Å². The van der Waals surface area contributed by atoms with Gasteiger partial charge in [-0.3, -0.25) is 0 Å². The molecule has 0 saturated carbocycles. The molecule has 0 heterocycles. The fourth-order valence-corrected chi connectivity index (χ4v) is 0. The van der Waals surface area contributed by atoms with Crippen LogP contribution in [-0.4, -0.2) is 0 Å². The van der Waals surface area contributed by atoms with Crippen molar-refractivity contribution in [3.8, 4) is 0 Å². The first-order valence-electron chi connectivity index (χ1n) is 0. The van der Waals surface area contributed by atoms with Gasteiger partial charge in [0, 0.05) is 17.1 Å². The van der Waals surface area contributed by atoms with Gasteiger partial charge in [-0.1, -0.05) is 0 Å². The first kappa shape index (κ1) is 51.8. The van der Waals surface area contributed by atoms with Gasteiger partial charge >= 0.3 is 0 Å². The van der Waals surface area contributed by atoms with Crippen LogP contribution >= 0.6 is 67.9 Å². The van der Waals surface area contributed by atoms with Crippen LogP contribution in [0.2, 0.25) is 0 Å². The second-order valence-corrected chi connectivity index (χ2v) is 0. The van der Waals surface area contributed by atoms with Crippen LogP contribution in [0, 0.1) is 0 Å². The molecule has 0 aliphatic heterocycles. The maximum absolute atomic E-state index is 0. The molecule has 0 spiro atoms. The average Bonchev–Trinajstić information content (AvgIpc) is 0. The van der Waals surface area contributed by atoms with Crippen LogP contribution in [0.25, 0.3) is 0 Å². The molecule has 0 aliphatic rings. The molecule has 0 fully saturated rings. The van der Waals surface area contributed by atoms with Crippen molar-refractivity contribution < 1.29 is 17.1 Å². The molecule has 0 aliphatic carbocycles. The van der Waals surface area contributed by atoms with E-state index in [1.54, 1.807) is 0 Å². The molecule has 0 aromatic carbocycles. The third-order valence-corrected chi connectivity index (χ3v) is 0. The molecule has 0 N–H and O–H groups in total. The summed E-state index contributed by atoms with van der Waals surface area (Å²) in [6.07, 6.45) is 0. The maximum atomic E-state index is 0. The normalized spacial score (nSPS) is 0. The Morgan fingerprint density at radius 2 is 0.400 bits per heavy atom. The van der Waals surface area contributed by atoms with Crippen molar-refractivity contribution in [2.24, 2.45) is 0 Å². The van der Waals surface area contributed by atoms with Crippen LogP contribution in [0.3, 0.4) is 0 Å². The van der Waals surface area contributed by atoms with Gasteiger partial charge < -0.3 is 0 Å². The summed E-state index contributed by atoms with van der Waals surface area (Å²) in [5.41, 5.74) is 0. The van der Waals surface area contributed by atoms with Crippen molar-refractivity contribution in [2.45, 2.75) is 0 Å². The van der Waals surface area contributed by atoms with E-state index in [9.17, 15) is 0 Å². The Labute approximate surface area is 84.0 Å². The second-order valence-electron chi connectivity index (χ2n) is 0. The van der Waals surface area contributed by atoms with Gasteiger partial charge in [-0.05, 0) is 0 Å². The van der Waals surface area contributed by atoms with Crippen molar-refractivity contribution in [1.82, 2.24) is 0 Å². The Hall–Kier alpha value is 2.44. The molecule has 0 rings (SSSR count). The van der Waals surface area contributed by atoms with Crippen molar-refractivity contribution >= 4 is 67.9 Å². The summed E-state index contributed by atoms with van der Waals surface area (Å²) in [4.78, 5) is 0. The second kappa shape index (κ2) is 32.0. The van der Waals surface area contributed by atoms with E-state index < -0.39 is 0 Å². The van der Waals surface area contributed by atoms with E-state index in [-0.39, 0.29) is 85.0 Å². The number of rotatable bonds is 0. The minimum Gasteiger partial charge on any atom is -0.114 e. The Kier molecular flexibility index (Phi) is 332. The standard InChI is InChI=1S/4BrH.Cu/h4*1H;. The third-order valence-electron chi connectivity index (χ3n) is 0.